The second kappa shape index (κ2) is 9.84. The Morgan fingerprint density at radius 3 is 2.69 bits per heavy atom. The highest BCUT2D eigenvalue weighted by Crippen LogP contribution is 2.26. The van der Waals surface area contributed by atoms with Crippen LogP contribution in [0.5, 0.6) is 0 Å². The summed E-state index contributed by atoms with van der Waals surface area (Å²) < 4.78 is 29.8. The van der Waals surface area contributed by atoms with Crippen LogP contribution in [0.25, 0.3) is 11.0 Å². The number of likely N-dealkylation sites (tertiary alicyclic amines) is 1. The number of carbonyl (C=O) groups excluding carboxylic acids is 1. The van der Waals surface area contributed by atoms with Crippen LogP contribution < -0.4 is 5.32 Å². The number of nitrogens with one attached hydrogen (secondary N) is 1. The van der Waals surface area contributed by atoms with Gasteiger partial charge in [0.05, 0.1) is 16.3 Å². The summed E-state index contributed by atoms with van der Waals surface area (Å²) in [5, 5.41) is 11.3. The van der Waals surface area contributed by atoms with Crippen molar-refractivity contribution in [3.05, 3.63) is 18.2 Å². The molecular formula is C22H34N6O3S. The van der Waals surface area contributed by atoms with Gasteiger partial charge in [0.15, 0.2) is 0 Å². The van der Waals surface area contributed by atoms with E-state index in [1.807, 2.05) is 13.8 Å². The minimum absolute atomic E-state index is 0.0442. The molecule has 2 aliphatic rings. The van der Waals surface area contributed by atoms with Crippen molar-refractivity contribution in [2.45, 2.75) is 56.9 Å². The molecule has 0 aliphatic carbocycles. The number of rotatable bonds is 7. The Bertz CT molecular complexity index is 1050. The predicted octanol–water partition coefficient (Wildman–Crippen LogP) is 2.01. The van der Waals surface area contributed by atoms with Gasteiger partial charge >= 0.3 is 0 Å². The molecule has 10 heteroatoms. The lowest BCUT2D eigenvalue weighted by Gasteiger charge is -2.31. The third-order valence-electron chi connectivity index (χ3n) is 6.50. The number of hydrogen-bond acceptors (Lipinski definition) is 6. The lowest BCUT2D eigenvalue weighted by atomic mass is 9.99. The van der Waals surface area contributed by atoms with Gasteiger partial charge in [-0.1, -0.05) is 11.6 Å². The summed E-state index contributed by atoms with van der Waals surface area (Å²) in [7, 11) is -3.70. The molecule has 32 heavy (non-hydrogen) atoms. The van der Waals surface area contributed by atoms with Crippen LogP contribution in [0.3, 0.4) is 0 Å². The summed E-state index contributed by atoms with van der Waals surface area (Å²) in [5.74, 6) is -0.359. The number of aromatic nitrogens is 3. The van der Waals surface area contributed by atoms with E-state index in [0.29, 0.717) is 31.4 Å². The first kappa shape index (κ1) is 23.1. The second-order valence-electron chi connectivity index (χ2n) is 9.17. The molecule has 0 saturated carbocycles. The van der Waals surface area contributed by atoms with Gasteiger partial charge in [0, 0.05) is 32.2 Å². The van der Waals surface area contributed by atoms with Crippen molar-refractivity contribution < 1.29 is 13.2 Å². The highest BCUT2D eigenvalue weighted by Gasteiger charge is 2.33. The van der Waals surface area contributed by atoms with Gasteiger partial charge in [-0.25, -0.2) is 13.1 Å². The molecule has 0 unspecified atom stereocenters. The first-order valence-corrected chi connectivity index (χ1v) is 13.2. The number of carbonyl (C=O) groups is 1. The van der Waals surface area contributed by atoms with Crippen LogP contribution in [-0.2, 0) is 14.8 Å². The SMILES string of the molecule is CC(C)n1nnc2cc(S(=O)(=O)N3CCC[C@@H](C(=O)NCCN4CCCCC4)C3)ccc21. The maximum Gasteiger partial charge on any atom is 0.243 e. The Labute approximate surface area is 190 Å². The molecule has 176 valence electrons. The van der Waals surface area contributed by atoms with Crippen molar-refractivity contribution in [3.8, 4) is 0 Å². The molecule has 2 fully saturated rings. The molecule has 0 bridgehead atoms. The van der Waals surface area contributed by atoms with Crippen LogP contribution in [0.1, 0.15) is 52.0 Å². The fraction of sp³-hybridized carbons (Fsp3) is 0.682. The zero-order chi connectivity index (χ0) is 22.7. The quantitative estimate of drug-likeness (QED) is 0.676. The Morgan fingerprint density at radius 2 is 1.94 bits per heavy atom. The van der Waals surface area contributed by atoms with Gasteiger partial charge in [-0.05, 0) is 70.8 Å². The van der Waals surface area contributed by atoms with E-state index in [9.17, 15) is 13.2 Å². The Kier molecular flexibility index (Phi) is 7.11. The van der Waals surface area contributed by atoms with Gasteiger partial charge in [0.2, 0.25) is 15.9 Å². The Hall–Kier alpha value is -2.04. The maximum atomic E-state index is 13.3. The number of amides is 1. The van der Waals surface area contributed by atoms with Gasteiger partial charge in [-0.15, -0.1) is 5.10 Å². The third kappa shape index (κ3) is 4.97. The molecule has 2 aromatic rings. The van der Waals surface area contributed by atoms with E-state index in [2.05, 4.69) is 20.5 Å². The summed E-state index contributed by atoms with van der Waals surface area (Å²) in [5.41, 5.74) is 1.37. The smallest absolute Gasteiger partial charge is 0.243 e. The van der Waals surface area contributed by atoms with Crippen LogP contribution in [0.15, 0.2) is 23.1 Å². The van der Waals surface area contributed by atoms with E-state index < -0.39 is 10.0 Å². The third-order valence-corrected chi connectivity index (χ3v) is 8.36. The summed E-state index contributed by atoms with van der Waals surface area (Å²) >= 11 is 0. The van der Waals surface area contributed by atoms with Crippen molar-refractivity contribution in [2.24, 2.45) is 5.92 Å². The molecule has 3 heterocycles. The molecule has 9 nitrogen and oxygen atoms in total. The van der Waals surface area contributed by atoms with Crippen molar-refractivity contribution in [2.75, 3.05) is 39.3 Å². The van der Waals surface area contributed by atoms with Crippen LogP contribution in [0.4, 0.5) is 0 Å². The first-order chi connectivity index (χ1) is 15.4. The minimum atomic E-state index is -3.70. The molecule has 0 spiro atoms. The van der Waals surface area contributed by atoms with E-state index in [-0.39, 0.29) is 29.3 Å². The lowest BCUT2D eigenvalue weighted by Crippen LogP contribution is -2.46. The second-order valence-corrected chi connectivity index (χ2v) is 11.1. The van der Waals surface area contributed by atoms with E-state index in [1.165, 1.54) is 23.6 Å². The molecule has 1 aromatic heterocycles. The summed E-state index contributed by atoms with van der Waals surface area (Å²) in [6.45, 7) is 8.32. The normalized spacial score (nSPS) is 21.3. The number of benzene rings is 1. The van der Waals surface area contributed by atoms with Crippen LogP contribution >= 0.6 is 0 Å². The highest BCUT2D eigenvalue weighted by atomic mass is 32.2. The van der Waals surface area contributed by atoms with Gasteiger partial charge in [-0.2, -0.15) is 4.31 Å². The number of nitrogens with zero attached hydrogens (tertiary/aromatic N) is 5. The van der Waals surface area contributed by atoms with Gasteiger partial charge < -0.3 is 10.2 Å². The number of piperidine rings is 2. The van der Waals surface area contributed by atoms with E-state index in [4.69, 9.17) is 0 Å². The van der Waals surface area contributed by atoms with Crippen LogP contribution in [-0.4, -0.2) is 77.8 Å². The summed E-state index contributed by atoms with van der Waals surface area (Å²) in [6.07, 6.45) is 5.13. The van der Waals surface area contributed by atoms with Gasteiger partial charge in [0.1, 0.15) is 5.52 Å². The Balaban J connectivity index is 1.39. The molecule has 1 amide bonds. The van der Waals surface area contributed by atoms with Crippen molar-refractivity contribution in [1.29, 1.82) is 0 Å². The molecule has 0 radical (unpaired) electrons. The van der Waals surface area contributed by atoms with E-state index >= 15 is 0 Å². The molecule has 2 saturated heterocycles. The fourth-order valence-corrected chi connectivity index (χ4v) is 6.20. The average Bonchev–Trinajstić information content (AvgIpc) is 3.23. The molecule has 2 aliphatic heterocycles. The predicted molar refractivity (Wildman–Crippen MR) is 123 cm³/mol. The number of hydrogen-bond donors (Lipinski definition) is 1. The summed E-state index contributed by atoms with van der Waals surface area (Å²) in [4.78, 5) is 15.3. The fourth-order valence-electron chi connectivity index (χ4n) is 4.65. The maximum absolute atomic E-state index is 13.3. The highest BCUT2D eigenvalue weighted by molar-refractivity contribution is 7.89. The molecule has 4 rings (SSSR count). The van der Waals surface area contributed by atoms with Crippen molar-refractivity contribution in [3.63, 3.8) is 0 Å². The first-order valence-electron chi connectivity index (χ1n) is 11.7. The van der Waals surface area contributed by atoms with Crippen molar-refractivity contribution >= 4 is 27.0 Å². The average molecular weight is 463 g/mol. The largest absolute Gasteiger partial charge is 0.355 e. The zero-order valence-electron chi connectivity index (χ0n) is 19.0. The van der Waals surface area contributed by atoms with Gasteiger partial charge in [-0.3, -0.25) is 4.79 Å². The zero-order valence-corrected chi connectivity index (χ0v) is 19.9. The topological polar surface area (TPSA) is 100 Å². The van der Waals surface area contributed by atoms with E-state index in [1.54, 1.807) is 22.9 Å². The van der Waals surface area contributed by atoms with E-state index in [0.717, 1.165) is 25.2 Å². The summed E-state index contributed by atoms with van der Waals surface area (Å²) in [6, 6.07) is 5.09. The van der Waals surface area contributed by atoms with Crippen LogP contribution in [0, 0.1) is 5.92 Å². The molecule has 1 aromatic carbocycles. The standard InChI is InChI=1S/C22H34N6O3S/c1-17(2)28-21-9-8-19(15-20(21)24-25-28)32(30,31)27-13-6-7-18(16-27)22(29)23-10-14-26-11-4-3-5-12-26/h8-9,15,17-18H,3-7,10-14,16H2,1-2H3,(H,23,29)/t18-/m1/s1. The van der Waals surface area contributed by atoms with Crippen molar-refractivity contribution in [1.82, 2.24) is 29.5 Å². The lowest BCUT2D eigenvalue weighted by molar-refractivity contribution is -0.126. The minimum Gasteiger partial charge on any atom is -0.355 e. The number of sulfonamides is 1. The molecular weight excluding hydrogens is 428 g/mol. The number of fused-ring (bicyclic) bond motifs is 1. The monoisotopic (exact) mass is 462 g/mol. The molecule has 1 N–H and O–H groups in total. The molecule has 1 atom stereocenters. The Morgan fingerprint density at radius 1 is 1.16 bits per heavy atom. The van der Waals surface area contributed by atoms with Gasteiger partial charge in [0.25, 0.3) is 0 Å². The van der Waals surface area contributed by atoms with Crippen LogP contribution in [0.2, 0.25) is 0 Å².